The lowest BCUT2D eigenvalue weighted by Crippen LogP contribution is -2.34. The zero-order valence-electron chi connectivity index (χ0n) is 17.1. The van der Waals surface area contributed by atoms with Gasteiger partial charge in [0.2, 0.25) is 0 Å². The molecule has 0 spiro atoms. The number of anilines is 1. The summed E-state index contributed by atoms with van der Waals surface area (Å²) in [6.45, 7) is 3.64. The molecule has 12 heteroatoms. The summed E-state index contributed by atoms with van der Waals surface area (Å²) in [5.74, 6) is -1.06. The molecule has 0 bridgehead atoms. The van der Waals surface area contributed by atoms with Crippen molar-refractivity contribution in [1.82, 2.24) is 14.7 Å². The van der Waals surface area contributed by atoms with E-state index in [1.807, 2.05) is 13.8 Å². The maximum Gasteiger partial charge on any atom is 0.265 e. The Bertz CT molecular complexity index is 1340. The van der Waals surface area contributed by atoms with Gasteiger partial charge in [-0.25, -0.2) is 13.4 Å². The highest BCUT2D eigenvalue weighted by atomic mass is 32.2. The van der Waals surface area contributed by atoms with Gasteiger partial charge in [-0.3, -0.25) is 19.3 Å². The molecule has 1 atom stereocenters. The van der Waals surface area contributed by atoms with E-state index in [2.05, 4.69) is 25.0 Å². The number of aliphatic imine (C=N–C) groups is 1. The summed E-state index contributed by atoms with van der Waals surface area (Å²) >= 11 is 1.22. The fraction of sp³-hybridized carbons (Fsp3) is 0.200. The van der Waals surface area contributed by atoms with Gasteiger partial charge in [-0.2, -0.15) is 0 Å². The molecule has 4 rings (SSSR count). The normalized spacial score (nSPS) is 16.5. The summed E-state index contributed by atoms with van der Waals surface area (Å²) in [6.07, 6.45) is 1.60. The maximum atomic E-state index is 13.0. The Balaban J connectivity index is 1.56. The molecule has 10 nitrogen and oxygen atoms in total. The number of nitrogens with one attached hydrogen (secondary N) is 3. The van der Waals surface area contributed by atoms with E-state index in [9.17, 15) is 18.0 Å². The molecule has 166 valence electrons. The van der Waals surface area contributed by atoms with Crippen LogP contribution in [-0.2, 0) is 14.8 Å². The van der Waals surface area contributed by atoms with Gasteiger partial charge in [0.15, 0.2) is 5.13 Å². The Hall–Kier alpha value is -3.51. The Morgan fingerprint density at radius 1 is 1.25 bits per heavy atom. The molecule has 2 amide bonds. The molecule has 3 aromatic rings. The first-order valence-corrected chi connectivity index (χ1v) is 12.0. The molecule has 2 aromatic heterocycles. The fourth-order valence-corrected chi connectivity index (χ4v) is 5.17. The van der Waals surface area contributed by atoms with Crippen LogP contribution < -0.4 is 15.8 Å². The molecule has 1 aliphatic rings. The summed E-state index contributed by atoms with van der Waals surface area (Å²) in [5.41, 5.74) is 7.17. The number of fused-ring (bicyclic) bond motifs is 1. The number of aromatic nitrogens is 2. The van der Waals surface area contributed by atoms with Gasteiger partial charge < -0.3 is 16.0 Å². The largest absolute Gasteiger partial charge is 0.364 e. The molecule has 0 saturated heterocycles. The van der Waals surface area contributed by atoms with Crippen LogP contribution in [-0.4, -0.2) is 42.1 Å². The first-order chi connectivity index (χ1) is 15.2. The molecule has 1 aliphatic heterocycles. The van der Waals surface area contributed by atoms with Crippen molar-refractivity contribution < 1.29 is 18.0 Å². The van der Waals surface area contributed by atoms with Crippen molar-refractivity contribution in [2.75, 3.05) is 5.32 Å². The Kier molecular flexibility index (Phi) is 5.57. The van der Waals surface area contributed by atoms with Gasteiger partial charge in [0.1, 0.15) is 17.6 Å². The van der Waals surface area contributed by atoms with Crippen LogP contribution in [0.5, 0.6) is 0 Å². The van der Waals surface area contributed by atoms with Crippen LogP contribution in [0.2, 0.25) is 0 Å². The van der Waals surface area contributed by atoms with Crippen LogP contribution in [0.4, 0.5) is 5.13 Å². The number of hydrogen-bond acceptors (Lipinski definition) is 7. The summed E-state index contributed by atoms with van der Waals surface area (Å²) in [6, 6.07) is 7.21. The van der Waals surface area contributed by atoms with Gasteiger partial charge in [-0.05, 0) is 24.1 Å². The highest BCUT2D eigenvalue weighted by Crippen LogP contribution is 2.27. The number of amidine groups is 1. The number of aromatic amines is 1. The van der Waals surface area contributed by atoms with Crippen molar-refractivity contribution >= 4 is 44.1 Å². The van der Waals surface area contributed by atoms with Crippen molar-refractivity contribution in [3.63, 3.8) is 0 Å². The second-order valence-corrected chi connectivity index (χ2v) is 9.97. The quantitative estimate of drug-likeness (QED) is 0.431. The minimum Gasteiger partial charge on any atom is -0.364 e. The molecule has 0 fully saturated rings. The average Bonchev–Trinajstić information content (AvgIpc) is 3.44. The molecule has 5 N–H and O–H groups in total. The molecule has 0 saturated carbocycles. The molecule has 0 unspecified atom stereocenters. The number of nitrogens with zero attached hydrogens (tertiary/aromatic N) is 2. The van der Waals surface area contributed by atoms with Crippen molar-refractivity contribution in [2.45, 2.75) is 24.8 Å². The summed E-state index contributed by atoms with van der Waals surface area (Å²) < 4.78 is 27.1. The number of nitrogens with two attached hydrogens (primary N) is 1. The lowest BCUT2D eigenvalue weighted by Gasteiger charge is -2.16. The van der Waals surface area contributed by atoms with Gasteiger partial charge in [0.25, 0.3) is 21.8 Å². The van der Waals surface area contributed by atoms with E-state index in [0.29, 0.717) is 22.0 Å². The number of H-pyrrole nitrogens is 1. The van der Waals surface area contributed by atoms with Gasteiger partial charge in [-0.15, -0.1) is 11.3 Å². The summed E-state index contributed by atoms with van der Waals surface area (Å²) in [7, 11) is -3.70. The van der Waals surface area contributed by atoms with Gasteiger partial charge in [-0.1, -0.05) is 26.0 Å². The molecular formula is C20H20N6O4S2. The number of rotatable bonds is 6. The number of thiazole rings is 1. The summed E-state index contributed by atoms with van der Waals surface area (Å²) in [4.78, 5) is 35.9. The van der Waals surface area contributed by atoms with Crippen LogP contribution in [0.25, 0.3) is 11.3 Å². The SMILES string of the molecule is CC(C)[C@H](N=C1NS(=O)(=O)c2ccccc21)C(=O)Nc1nc(-c2c[nH]c(C(N)=O)c2)cs1. The van der Waals surface area contributed by atoms with E-state index < -0.39 is 27.9 Å². The lowest BCUT2D eigenvalue weighted by atomic mass is 10.0. The second kappa shape index (κ2) is 8.20. The maximum absolute atomic E-state index is 13.0. The minimum absolute atomic E-state index is 0.132. The third-order valence-corrected chi connectivity index (χ3v) is 6.96. The van der Waals surface area contributed by atoms with E-state index in [0.717, 1.165) is 0 Å². The van der Waals surface area contributed by atoms with Crippen LogP contribution in [0.15, 0.2) is 51.8 Å². The van der Waals surface area contributed by atoms with E-state index in [-0.39, 0.29) is 22.3 Å². The number of benzene rings is 1. The predicted molar refractivity (Wildman–Crippen MR) is 121 cm³/mol. The van der Waals surface area contributed by atoms with Crippen LogP contribution in [0.3, 0.4) is 0 Å². The zero-order chi connectivity index (χ0) is 23.0. The number of carbonyl (C=O) groups is 2. The van der Waals surface area contributed by atoms with Crippen LogP contribution in [0, 0.1) is 5.92 Å². The van der Waals surface area contributed by atoms with Gasteiger partial charge >= 0.3 is 0 Å². The molecule has 0 aliphatic carbocycles. The van der Waals surface area contributed by atoms with Crippen LogP contribution >= 0.6 is 11.3 Å². The monoisotopic (exact) mass is 472 g/mol. The zero-order valence-corrected chi connectivity index (χ0v) is 18.8. The minimum atomic E-state index is -3.70. The summed E-state index contributed by atoms with van der Waals surface area (Å²) in [5, 5.41) is 4.83. The molecule has 1 aromatic carbocycles. The number of sulfonamides is 1. The number of amides is 2. The van der Waals surface area contributed by atoms with Gasteiger partial charge in [0.05, 0.1) is 10.6 Å². The fourth-order valence-electron chi connectivity index (χ4n) is 3.21. The average molecular weight is 473 g/mol. The standard InChI is InChI=1S/C20H20N6O4S2/c1-10(2)16(24-18-12-5-3-4-6-15(12)32(29,30)26-18)19(28)25-20-23-14(9-31-20)11-7-13(17(21)27)22-8-11/h3-10,16,22H,1-2H3,(H2,21,27)(H,24,26)(H,23,25,28)/t16-/m0/s1. The Morgan fingerprint density at radius 2 is 2.00 bits per heavy atom. The van der Waals surface area contributed by atoms with E-state index in [1.165, 1.54) is 17.4 Å². The topological polar surface area (TPSA) is 159 Å². The highest BCUT2D eigenvalue weighted by Gasteiger charge is 2.32. The second-order valence-electron chi connectivity index (χ2n) is 7.46. The van der Waals surface area contributed by atoms with Crippen molar-refractivity contribution in [3.8, 4) is 11.3 Å². The first kappa shape index (κ1) is 21.7. The van der Waals surface area contributed by atoms with Crippen LogP contribution in [0.1, 0.15) is 29.9 Å². The number of hydrogen-bond donors (Lipinski definition) is 4. The number of carbonyl (C=O) groups excluding carboxylic acids is 2. The third kappa shape index (κ3) is 4.14. The van der Waals surface area contributed by atoms with Gasteiger partial charge in [0, 0.05) is 22.7 Å². The lowest BCUT2D eigenvalue weighted by molar-refractivity contribution is -0.118. The molecule has 3 heterocycles. The molecule has 0 radical (unpaired) electrons. The molecular weight excluding hydrogens is 452 g/mol. The number of primary amides is 1. The van der Waals surface area contributed by atoms with E-state index in [4.69, 9.17) is 5.73 Å². The highest BCUT2D eigenvalue weighted by molar-refractivity contribution is 7.90. The van der Waals surface area contributed by atoms with Crippen molar-refractivity contribution in [3.05, 3.63) is 53.2 Å². The first-order valence-electron chi connectivity index (χ1n) is 9.60. The Morgan fingerprint density at radius 3 is 2.69 bits per heavy atom. The van der Waals surface area contributed by atoms with Crippen molar-refractivity contribution in [1.29, 1.82) is 0 Å². The van der Waals surface area contributed by atoms with Crippen molar-refractivity contribution in [2.24, 2.45) is 16.6 Å². The van der Waals surface area contributed by atoms with E-state index in [1.54, 1.807) is 35.8 Å². The Labute approximate surface area is 188 Å². The third-order valence-electron chi connectivity index (χ3n) is 4.81. The molecule has 32 heavy (non-hydrogen) atoms. The predicted octanol–water partition coefficient (Wildman–Crippen LogP) is 1.94. The smallest absolute Gasteiger partial charge is 0.265 e. The van der Waals surface area contributed by atoms with E-state index >= 15 is 0 Å².